The number of nitrogens with zero attached hydrogens (tertiary/aromatic N) is 1. The fourth-order valence-electron chi connectivity index (χ4n) is 1.06. The molecule has 0 amide bonds. The Hall–Kier alpha value is -1.59. The molecule has 6 heteroatoms. The van der Waals surface area contributed by atoms with Gasteiger partial charge in [-0.1, -0.05) is 23.8 Å². The summed E-state index contributed by atoms with van der Waals surface area (Å²) in [4.78, 5) is 10.2. The van der Waals surface area contributed by atoms with Gasteiger partial charge in [0, 0.05) is 23.7 Å². The van der Waals surface area contributed by atoms with Crippen LogP contribution < -0.4 is 10.5 Å². The maximum atomic E-state index is 10.7. The van der Waals surface area contributed by atoms with Crippen molar-refractivity contribution in [2.45, 2.75) is 0 Å². The van der Waals surface area contributed by atoms with Crippen molar-refractivity contribution in [1.29, 1.82) is 0 Å². The molecule has 0 unspecified atom stereocenters. The van der Waals surface area contributed by atoms with Crippen molar-refractivity contribution in [3.8, 4) is 5.75 Å². The Morgan fingerprint density at radius 2 is 2.25 bits per heavy atom. The predicted molar refractivity (Wildman–Crippen MR) is 61.8 cm³/mol. The summed E-state index contributed by atoms with van der Waals surface area (Å²) >= 11 is 5.72. The van der Waals surface area contributed by atoms with Crippen molar-refractivity contribution >= 4 is 17.3 Å². The summed E-state index contributed by atoms with van der Waals surface area (Å²) in [5.41, 5.74) is 5.13. The minimum absolute atomic E-state index is 0.106. The summed E-state index contributed by atoms with van der Waals surface area (Å²) in [6.45, 7) is 0.624. The molecule has 0 saturated heterocycles. The topological polar surface area (TPSA) is 78.4 Å². The molecular weight excluding hydrogens is 232 g/mol. The van der Waals surface area contributed by atoms with Gasteiger partial charge in [0.2, 0.25) is 0 Å². The number of nitro benzene ring substituents is 1. The first-order valence-corrected chi connectivity index (χ1v) is 4.94. The third kappa shape index (κ3) is 3.52. The Morgan fingerprint density at radius 3 is 2.88 bits per heavy atom. The van der Waals surface area contributed by atoms with Crippen LogP contribution >= 0.6 is 11.6 Å². The molecule has 0 atom stereocenters. The van der Waals surface area contributed by atoms with Gasteiger partial charge in [-0.15, -0.1) is 0 Å². The second kappa shape index (κ2) is 6.09. The van der Waals surface area contributed by atoms with Crippen LogP contribution in [0.15, 0.2) is 30.4 Å². The summed E-state index contributed by atoms with van der Waals surface area (Å²) in [6, 6.07) is 4.17. The van der Waals surface area contributed by atoms with E-state index in [1.807, 2.05) is 0 Å². The van der Waals surface area contributed by atoms with E-state index < -0.39 is 4.92 Å². The number of halogens is 1. The highest BCUT2D eigenvalue weighted by Gasteiger charge is 2.14. The monoisotopic (exact) mass is 242 g/mol. The van der Waals surface area contributed by atoms with E-state index in [9.17, 15) is 10.1 Å². The van der Waals surface area contributed by atoms with Gasteiger partial charge in [0.25, 0.3) is 0 Å². The van der Waals surface area contributed by atoms with E-state index in [0.29, 0.717) is 11.6 Å². The summed E-state index contributed by atoms with van der Waals surface area (Å²) in [5.74, 6) is 0.152. The number of rotatable bonds is 5. The van der Waals surface area contributed by atoms with Crippen LogP contribution in [0.4, 0.5) is 5.69 Å². The number of nitrogens with two attached hydrogens (primary N) is 1. The first kappa shape index (κ1) is 12.5. The number of hydrogen-bond donors (Lipinski definition) is 1. The number of benzene rings is 1. The van der Waals surface area contributed by atoms with Gasteiger partial charge in [0.15, 0.2) is 5.75 Å². The maximum Gasteiger partial charge on any atom is 0.311 e. The molecule has 0 fully saturated rings. The Kier molecular flexibility index (Phi) is 4.75. The van der Waals surface area contributed by atoms with Crippen LogP contribution in [0.3, 0.4) is 0 Å². The van der Waals surface area contributed by atoms with Crippen molar-refractivity contribution in [1.82, 2.24) is 0 Å². The SMILES string of the molecule is NCC=CCOc1cc(Cl)ccc1[N+](=O)[O-]. The highest BCUT2D eigenvalue weighted by Crippen LogP contribution is 2.29. The maximum absolute atomic E-state index is 10.7. The lowest BCUT2D eigenvalue weighted by Gasteiger charge is -2.04. The van der Waals surface area contributed by atoms with Crippen molar-refractivity contribution in [2.24, 2.45) is 5.73 Å². The number of hydrogen-bond acceptors (Lipinski definition) is 4. The standard InChI is InChI=1S/C10H11ClN2O3/c11-8-3-4-9(13(14)15)10(7-8)16-6-2-1-5-12/h1-4,7H,5-6,12H2. The molecule has 16 heavy (non-hydrogen) atoms. The van der Waals surface area contributed by atoms with Crippen molar-refractivity contribution in [3.05, 3.63) is 45.5 Å². The van der Waals surface area contributed by atoms with Gasteiger partial charge in [0.1, 0.15) is 6.61 Å². The van der Waals surface area contributed by atoms with Crippen LogP contribution in [0.25, 0.3) is 0 Å². The Bertz CT molecular complexity index is 407. The van der Waals surface area contributed by atoms with Crippen LogP contribution in [0.1, 0.15) is 0 Å². The molecule has 0 aromatic heterocycles. The van der Waals surface area contributed by atoms with Crippen molar-refractivity contribution in [3.63, 3.8) is 0 Å². The molecule has 1 rings (SSSR count). The predicted octanol–water partition coefficient (Wildman–Crippen LogP) is 2.14. The summed E-state index contributed by atoms with van der Waals surface area (Å²) in [5, 5.41) is 11.1. The Morgan fingerprint density at radius 1 is 1.50 bits per heavy atom. The first-order chi connectivity index (χ1) is 7.65. The van der Waals surface area contributed by atoms with Crippen molar-refractivity contribution in [2.75, 3.05) is 13.2 Å². The molecule has 2 N–H and O–H groups in total. The number of nitro groups is 1. The van der Waals surface area contributed by atoms with Crippen LogP contribution in [0.5, 0.6) is 5.75 Å². The fraction of sp³-hybridized carbons (Fsp3) is 0.200. The van der Waals surface area contributed by atoms with Crippen LogP contribution in [-0.4, -0.2) is 18.1 Å². The normalized spacial score (nSPS) is 10.6. The largest absolute Gasteiger partial charge is 0.483 e. The molecule has 0 radical (unpaired) electrons. The van der Waals surface area contributed by atoms with Gasteiger partial charge in [-0.05, 0) is 6.07 Å². The molecule has 0 bridgehead atoms. The smallest absolute Gasteiger partial charge is 0.311 e. The van der Waals surface area contributed by atoms with Crippen LogP contribution in [0.2, 0.25) is 5.02 Å². The van der Waals surface area contributed by atoms with Gasteiger partial charge >= 0.3 is 5.69 Å². The zero-order chi connectivity index (χ0) is 12.0. The molecule has 0 aliphatic heterocycles. The summed E-state index contributed by atoms with van der Waals surface area (Å²) in [6.07, 6.45) is 3.39. The molecule has 0 heterocycles. The lowest BCUT2D eigenvalue weighted by molar-refractivity contribution is -0.385. The highest BCUT2D eigenvalue weighted by atomic mass is 35.5. The molecule has 0 aliphatic carbocycles. The van der Waals surface area contributed by atoms with Crippen molar-refractivity contribution < 1.29 is 9.66 Å². The van der Waals surface area contributed by atoms with E-state index in [-0.39, 0.29) is 18.0 Å². The summed E-state index contributed by atoms with van der Waals surface area (Å²) < 4.78 is 5.21. The van der Waals surface area contributed by atoms with Crippen LogP contribution in [0, 0.1) is 10.1 Å². The number of ether oxygens (including phenoxy) is 1. The van der Waals surface area contributed by atoms with Gasteiger partial charge < -0.3 is 10.5 Å². The highest BCUT2D eigenvalue weighted by molar-refractivity contribution is 6.30. The molecular formula is C10H11ClN2O3. The van der Waals surface area contributed by atoms with E-state index in [2.05, 4.69) is 0 Å². The molecule has 1 aromatic rings. The third-order valence-electron chi connectivity index (χ3n) is 1.76. The zero-order valence-electron chi connectivity index (χ0n) is 8.43. The average molecular weight is 243 g/mol. The Labute approximate surface area is 97.6 Å². The molecule has 0 aliphatic rings. The second-order valence-corrected chi connectivity index (χ2v) is 3.32. The van der Waals surface area contributed by atoms with Gasteiger partial charge in [-0.2, -0.15) is 0 Å². The van der Waals surface area contributed by atoms with E-state index >= 15 is 0 Å². The van der Waals surface area contributed by atoms with E-state index in [0.717, 1.165) is 0 Å². The zero-order valence-corrected chi connectivity index (χ0v) is 9.18. The minimum Gasteiger partial charge on any atom is -0.483 e. The summed E-state index contributed by atoms with van der Waals surface area (Å²) in [7, 11) is 0. The molecule has 0 saturated carbocycles. The van der Waals surface area contributed by atoms with Crippen LogP contribution in [-0.2, 0) is 0 Å². The lowest BCUT2D eigenvalue weighted by atomic mass is 10.3. The second-order valence-electron chi connectivity index (χ2n) is 2.89. The Balaban J connectivity index is 2.80. The van der Waals surface area contributed by atoms with Gasteiger partial charge in [-0.3, -0.25) is 10.1 Å². The van der Waals surface area contributed by atoms with E-state index in [1.54, 1.807) is 12.2 Å². The average Bonchev–Trinajstić information content (AvgIpc) is 2.24. The van der Waals surface area contributed by atoms with E-state index in [4.69, 9.17) is 22.1 Å². The van der Waals surface area contributed by atoms with E-state index in [1.165, 1.54) is 18.2 Å². The first-order valence-electron chi connectivity index (χ1n) is 4.57. The van der Waals surface area contributed by atoms with Gasteiger partial charge in [-0.25, -0.2) is 0 Å². The molecule has 1 aromatic carbocycles. The lowest BCUT2D eigenvalue weighted by Crippen LogP contribution is -1.99. The third-order valence-corrected chi connectivity index (χ3v) is 1.99. The minimum atomic E-state index is -0.516. The molecule has 86 valence electrons. The fourth-order valence-corrected chi connectivity index (χ4v) is 1.22. The quantitative estimate of drug-likeness (QED) is 0.487. The molecule has 0 spiro atoms. The van der Waals surface area contributed by atoms with Gasteiger partial charge in [0.05, 0.1) is 4.92 Å². The molecule has 5 nitrogen and oxygen atoms in total.